The van der Waals surface area contributed by atoms with E-state index < -0.39 is 0 Å². The highest BCUT2D eigenvalue weighted by molar-refractivity contribution is 5.38. The molecule has 0 N–H and O–H groups in total. The van der Waals surface area contributed by atoms with Gasteiger partial charge in [-0.1, -0.05) is 49.2 Å². The van der Waals surface area contributed by atoms with E-state index in [0.717, 1.165) is 5.92 Å². The molecule has 36 heavy (non-hydrogen) atoms. The zero-order valence-electron chi connectivity index (χ0n) is 24.7. The summed E-state index contributed by atoms with van der Waals surface area (Å²) in [6.07, 6.45) is 10.2. The van der Waals surface area contributed by atoms with E-state index in [0.29, 0.717) is 0 Å². The third-order valence-electron chi connectivity index (χ3n) is 8.89. The second kappa shape index (κ2) is 12.8. The molecule has 1 atom stereocenters. The van der Waals surface area contributed by atoms with Crippen molar-refractivity contribution in [2.24, 2.45) is 5.92 Å². The molecule has 0 saturated heterocycles. The maximum Gasteiger partial charge on any atom is -0.0250 e. The van der Waals surface area contributed by atoms with Crippen LogP contribution in [-0.2, 0) is 19.3 Å². The van der Waals surface area contributed by atoms with Crippen molar-refractivity contribution in [2.75, 3.05) is 0 Å². The predicted molar refractivity (Wildman–Crippen MR) is 160 cm³/mol. The molecule has 194 valence electrons. The summed E-state index contributed by atoms with van der Waals surface area (Å²) in [5.41, 5.74) is 17.5. The van der Waals surface area contributed by atoms with E-state index >= 15 is 0 Å². The lowest BCUT2D eigenvalue weighted by molar-refractivity contribution is 0.415. The predicted octanol–water partition coefficient (Wildman–Crippen LogP) is 10.1. The Labute approximate surface area is 222 Å². The Morgan fingerprint density at radius 2 is 0.750 bits per heavy atom. The molecule has 3 aromatic rings. The first-order valence-electron chi connectivity index (χ1n) is 14.2. The minimum Gasteiger partial charge on any atom is -0.0558 e. The normalized spacial score (nSPS) is 12.2. The van der Waals surface area contributed by atoms with Crippen LogP contribution in [0.5, 0.6) is 0 Å². The Hall–Kier alpha value is -2.34. The summed E-state index contributed by atoms with van der Waals surface area (Å²) >= 11 is 0. The van der Waals surface area contributed by atoms with Gasteiger partial charge in [-0.05, 0) is 174 Å². The van der Waals surface area contributed by atoms with Crippen LogP contribution in [0.1, 0.15) is 98.9 Å². The number of hydrogen-bond acceptors (Lipinski definition) is 0. The van der Waals surface area contributed by atoms with Gasteiger partial charge in [0.05, 0.1) is 0 Å². The molecule has 0 heteroatoms. The summed E-state index contributed by atoms with van der Waals surface area (Å²) in [6.45, 7) is 20.3. The van der Waals surface area contributed by atoms with Crippen LogP contribution >= 0.6 is 0 Å². The summed E-state index contributed by atoms with van der Waals surface area (Å²) in [6, 6.07) is 14.5. The maximum absolute atomic E-state index is 2.44. The molecule has 0 nitrogen and oxygen atoms in total. The Morgan fingerprint density at radius 3 is 1.17 bits per heavy atom. The van der Waals surface area contributed by atoms with Gasteiger partial charge < -0.3 is 0 Å². The Balaban J connectivity index is 1.62. The van der Waals surface area contributed by atoms with E-state index in [9.17, 15) is 0 Å². The fourth-order valence-electron chi connectivity index (χ4n) is 5.82. The molecule has 0 radical (unpaired) electrons. The van der Waals surface area contributed by atoms with Gasteiger partial charge in [0.1, 0.15) is 0 Å². The van der Waals surface area contributed by atoms with Crippen LogP contribution in [0.2, 0.25) is 0 Å². The summed E-state index contributed by atoms with van der Waals surface area (Å²) < 4.78 is 0. The highest BCUT2D eigenvalue weighted by Crippen LogP contribution is 2.26. The standard InChI is InChI=1S/C36H50/c1-24-17-34(18-25(2)30(24)7)14-11-10-13-33(23-36-21-28(5)32(9)29(6)22-36)15-12-16-35-19-26(3)31(8)27(4)20-35/h17-22,33H,10-16,23H2,1-9H3. The van der Waals surface area contributed by atoms with E-state index in [4.69, 9.17) is 0 Å². The molecule has 0 aromatic heterocycles. The van der Waals surface area contributed by atoms with E-state index in [1.54, 1.807) is 0 Å². The zero-order chi connectivity index (χ0) is 26.4. The van der Waals surface area contributed by atoms with E-state index in [1.807, 2.05) is 0 Å². The van der Waals surface area contributed by atoms with Gasteiger partial charge in [-0.3, -0.25) is 0 Å². The minimum atomic E-state index is 0.764. The second-order valence-electron chi connectivity index (χ2n) is 11.8. The first-order chi connectivity index (χ1) is 17.0. The van der Waals surface area contributed by atoms with Crippen molar-refractivity contribution in [3.05, 3.63) is 103 Å². The second-order valence-corrected chi connectivity index (χ2v) is 11.8. The van der Waals surface area contributed by atoms with Crippen molar-refractivity contribution >= 4 is 0 Å². The summed E-state index contributed by atoms with van der Waals surface area (Å²) in [5, 5.41) is 0. The molecule has 0 aliphatic carbocycles. The summed E-state index contributed by atoms with van der Waals surface area (Å²) in [4.78, 5) is 0. The first-order valence-corrected chi connectivity index (χ1v) is 14.2. The lowest BCUT2D eigenvalue weighted by Gasteiger charge is -2.19. The summed E-state index contributed by atoms with van der Waals surface area (Å²) in [7, 11) is 0. The van der Waals surface area contributed by atoms with Gasteiger partial charge >= 0.3 is 0 Å². The Bertz CT molecular complexity index is 1110. The van der Waals surface area contributed by atoms with Crippen molar-refractivity contribution < 1.29 is 0 Å². The number of unbranched alkanes of at least 4 members (excludes halogenated alkanes) is 1. The Morgan fingerprint density at radius 1 is 0.417 bits per heavy atom. The SMILES string of the molecule is Cc1cc(CCCCC(CCCc2cc(C)c(C)c(C)c2)Cc2cc(C)c(C)c(C)c2)cc(C)c1C. The van der Waals surface area contributed by atoms with Crippen LogP contribution in [0.25, 0.3) is 0 Å². The van der Waals surface area contributed by atoms with Crippen molar-refractivity contribution in [3.8, 4) is 0 Å². The van der Waals surface area contributed by atoms with Crippen LogP contribution in [0.4, 0.5) is 0 Å². The molecular formula is C36H50. The highest BCUT2D eigenvalue weighted by Gasteiger charge is 2.13. The van der Waals surface area contributed by atoms with Gasteiger partial charge in [0.15, 0.2) is 0 Å². The van der Waals surface area contributed by atoms with Crippen LogP contribution in [0, 0.1) is 68.2 Å². The fraction of sp³-hybridized carbons (Fsp3) is 0.500. The average molecular weight is 483 g/mol. The van der Waals surface area contributed by atoms with Gasteiger partial charge in [0, 0.05) is 0 Å². The molecule has 0 aliphatic rings. The summed E-state index contributed by atoms with van der Waals surface area (Å²) in [5.74, 6) is 0.764. The molecule has 0 amide bonds. The van der Waals surface area contributed by atoms with Crippen LogP contribution in [-0.4, -0.2) is 0 Å². The van der Waals surface area contributed by atoms with E-state index in [2.05, 4.69) is 98.7 Å². The van der Waals surface area contributed by atoms with Crippen molar-refractivity contribution in [1.29, 1.82) is 0 Å². The van der Waals surface area contributed by atoms with Gasteiger partial charge in [-0.15, -0.1) is 0 Å². The topological polar surface area (TPSA) is 0 Å². The maximum atomic E-state index is 2.44. The molecular weight excluding hydrogens is 432 g/mol. The van der Waals surface area contributed by atoms with Gasteiger partial charge in [-0.2, -0.15) is 0 Å². The third-order valence-corrected chi connectivity index (χ3v) is 8.89. The minimum absolute atomic E-state index is 0.764. The molecule has 0 heterocycles. The van der Waals surface area contributed by atoms with E-state index in [-0.39, 0.29) is 0 Å². The largest absolute Gasteiger partial charge is 0.0558 e. The van der Waals surface area contributed by atoms with E-state index in [1.165, 1.54) is 118 Å². The molecule has 3 aromatic carbocycles. The third kappa shape index (κ3) is 7.58. The number of benzene rings is 3. The van der Waals surface area contributed by atoms with Gasteiger partial charge in [0.25, 0.3) is 0 Å². The molecule has 0 saturated carbocycles. The molecule has 0 bridgehead atoms. The quantitative estimate of drug-likeness (QED) is 0.238. The lowest BCUT2D eigenvalue weighted by atomic mass is 9.86. The molecule has 3 rings (SSSR count). The smallest absolute Gasteiger partial charge is 0.0250 e. The number of aryl methyl sites for hydroxylation is 8. The first kappa shape index (κ1) is 28.2. The molecule has 0 spiro atoms. The van der Waals surface area contributed by atoms with Crippen molar-refractivity contribution in [2.45, 2.75) is 114 Å². The highest BCUT2D eigenvalue weighted by atomic mass is 14.2. The number of hydrogen-bond donors (Lipinski definition) is 0. The monoisotopic (exact) mass is 482 g/mol. The van der Waals surface area contributed by atoms with Crippen molar-refractivity contribution in [1.82, 2.24) is 0 Å². The van der Waals surface area contributed by atoms with Crippen molar-refractivity contribution in [3.63, 3.8) is 0 Å². The fourth-order valence-corrected chi connectivity index (χ4v) is 5.82. The van der Waals surface area contributed by atoms with Crippen LogP contribution in [0.3, 0.4) is 0 Å². The Kier molecular flexibility index (Phi) is 10.0. The van der Waals surface area contributed by atoms with Gasteiger partial charge in [0.2, 0.25) is 0 Å². The number of rotatable bonds is 11. The molecule has 1 unspecified atom stereocenters. The zero-order valence-corrected chi connectivity index (χ0v) is 24.7. The lowest BCUT2D eigenvalue weighted by Crippen LogP contribution is -2.07. The molecule has 0 aliphatic heterocycles. The molecule has 0 fully saturated rings. The van der Waals surface area contributed by atoms with Crippen LogP contribution < -0.4 is 0 Å². The van der Waals surface area contributed by atoms with Crippen LogP contribution in [0.15, 0.2) is 36.4 Å². The average Bonchev–Trinajstić information content (AvgIpc) is 2.81. The van der Waals surface area contributed by atoms with Gasteiger partial charge in [-0.25, -0.2) is 0 Å².